The van der Waals surface area contributed by atoms with Gasteiger partial charge in [-0.2, -0.15) is 0 Å². The molecule has 0 nitrogen and oxygen atoms in total. The molecule has 0 aliphatic heterocycles. The van der Waals surface area contributed by atoms with Crippen molar-refractivity contribution in [3.8, 4) is 0 Å². The quantitative estimate of drug-likeness (QED) is 0.118. The van der Waals surface area contributed by atoms with Gasteiger partial charge in [-0.15, -0.1) is 0 Å². The van der Waals surface area contributed by atoms with Crippen LogP contribution < -0.4 is 0 Å². The van der Waals surface area contributed by atoms with Crippen molar-refractivity contribution < 1.29 is 0 Å². The highest BCUT2D eigenvalue weighted by Crippen LogP contribution is 2.15. The van der Waals surface area contributed by atoms with Crippen LogP contribution in [0.1, 0.15) is 149 Å². The third-order valence-corrected chi connectivity index (χ3v) is 8.46. The minimum Gasteiger partial charge on any atom is -0.0654 e. The molecule has 0 aromatic carbocycles. The molecular weight excluding hydrogens is 344 g/mol. The molecule has 0 rings (SSSR count). The molecule has 0 fully saturated rings. The second kappa shape index (κ2) is 24.4. The van der Waals surface area contributed by atoms with E-state index in [0.29, 0.717) is 0 Å². The molecule has 0 atom stereocenters. The standard InChI is InChI=1S/C26H55S/c1-4-7-10-13-16-17-20-23-26-27(24-21-18-14-11-8-5-2)25-22-19-15-12-9-6-3/h4-26H2,1-3H3/q+1. The van der Waals surface area contributed by atoms with Crippen LogP contribution in [-0.2, 0) is 10.9 Å². The van der Waals surface area contributed by atoms with Gasteiger partial charge in [-0.25, -0.2) is 0 Å². The van der Waals surface area contributed by atoms with Gasteiger partial charge in [0.15, 0.2) is 0 Å². The summed E-state index contributed by atoms with van der Waals surface area (Å²) in [4.78, 5) is 0. The van der Waals surface area contributed by atoms with Gasteiger partial charge in [0.25, 0.3) is 0 Å². The molecule has 0 aliphatic carbocycles. The van der Waals surface area contributed by atoms with Gasteiger partial charge in [0.1, 0.15) is 17.3 Å². The molecule has 0 spiro atoms. The maximum Gasteiger partial charge on any atom is 0.108 e. The fraction of sp³-hybridized carbons (Fsp3) is 1.00. The van der Waals surface area contributed by atoms with Crippen LogP contribution >= 0.6 is 0 Å². The van der Waals surface area contributed by atoms with Crippen LogP contribution in [-0.4, -0.2) is 17.3 Å². The summed E-state index contributed by atoms with van der Waals surface area (Å²) in [6.45, 7) is 6.96. The maximum absolute atomic E-state index is 2.32. The van der Waals surface area contributed by atoms with Crippen LogP contribution in [0.2, 0.25) is 0 Å². The average molecular weight is 400 g/mol. The fourth-order valence-electron chi connectivity index (χ4n) is 3.92. The largest absolute Gasteiger partial charge is 0.108 e. The van der Waals surface area contributed by atoms with Gasteiger partial charge < -0.3 is 0 Å². The Bertz CT molecular complexity index is 235. The van der Waals surface area contributed by atoms with E-state index in [2.05, 4.69) is 20.8 Å². The zero-order chi connectivity index (χ0) is 19.8. The van der Waals surface area contributed by atoms with Crippen LogP contribution in [0.5, 0.6) is 0 Å². The Morgan fingerprint density at radius 1 is 0.296 bits per heavy atom. The van der Waals surface area contributed by atoms with Crippen molar-refractivity contribution in [2.24, 2.45) is 0 Å². The van der Waals surface area contributed by atoms with E-state index in [0.717, 1.165) is 10.9 Å². The zero-order valence-corrected chi connectivity index (χ0v) is 20.5. The summed E-state index contributed by atoms with van der Waals surface area (Å²) in [5, 5.41) is 0. The van der Waals surface area contributed by atoms with E-state index in [4.69, 9.17) is 0 Å². The van der Waals surface area contributed by atoms with Gasteiger partial charge >= 0.3 is 0 Å². The summed E-state index contributed by atoms with van der Waals surface area (Å²) in [7, 11) is 0.751. The Labute approximate surface area is 177 Å². The van der Waals surface area contributed by atoms with Gasteiger partial charge in [-0.05, 0) is 49.4 Å². The molecule has 0 unspecified atom stereocenters. The minimum absolute atomic E-state index is 0.751. The number of hydrogen-bond donors (Lipinski definition) is 0. The number of hydrogen-bond acceptors (Lipinski definition) is 0. The first-order valence-corrected chi connectivity index (χ1v) is 14.7. The van der Waals surface area contributed by atoms with Gasteiger partial charge in [-0.3, -0.25) is 0 Å². The van der Waals surface area contributed by atoms with Crippen LogP contribution in [0.3, 0.4) is 0 Å². The Morgan fingerprint density at radius 2 is 0.519 bits per heavy atom. The average Bonchev–Trinajstić information content (AvgIpc) is 2.68. The lowest BCUT2D eigenvalue weighted by Crippen LogP contribution is -2.17. The Kier molecular flexibility index (Phi) is 24.7. The third-order valence-electron chi connectivity index (χ3n) is 5.86. The molecule has 0 N–H and O–H groups in total. The van der Waals surface area contributed by atoms with Crippen molar-refractivity contribution in [3.05, 3.63) is 0 Å². The molecule has 164 valence electrons. The molecule has 0 heterocycles. The first kappa shape index (κ1) is 27.4. The Balaban J connectivity index is 3.77. The van der Waals surface area contributed by atoms with Crippen molar-refractivity contribution in [1.29, 1.82) is 0 Å². The molecule has 0 saturated heterocycles. The van der Waals surface area contributed by atoms with E-state index >= 15 is 0 Å². The second-order valence-electron chi connectivity index (χ2n) is 8.74. The van der Waals surface area contributed by atoms with Crippen LogP contribution in [0.25, 0.3) is 0 Å². The van der Waals surface area contributed by atoms with Crippen LogP contribution in [0.4, 0.5) is 0 Å². The highest BCUT2D eigenvalue weighted by Gasteiger charge is 2.16. The van der Waals surface area contributed by atoms with E-state index < -0.39 is 0 Å². The summed E-state index contributed by atoms with van der Waals surface area (Å²) < 4.78 is 0. The van der Waals surface area contributed by atoms with Crippen molar-refractivity contribution in [2.45, 2.75) is 149 Å². The predicted molar refractivity (Wildman–Crippen MR) is 131 cm³/mol. The molecule has 27 heavy (non-hydrogen) atoms. The lowest BCUT2D eigenvalue weighted by atomic mass is 10.1. The summed E-state index contributed by atoms with van der Waals surface area (Å²) in [6.07, 6.45) is 29.4. The maximum atomic E-state index is 2.32. The highest BCUT2D eigenvalue weighted by molar-refractivity contribution is 7.96. The van der Waals surface area contributed by atoms with Gasteiger partial charge in [-0.1, -0.05) is 111 Å². The normalized spacial score (nSPS) is 11.6. The summed E-state index contributed by atoms with van der Waals surface area (Å²) in [5.41, 5.74) is 0. The molecule has 0 aromatic heterocycles. The Hall–Kier alpha value is 0.350. The molecule has 0 aromatic rings. The van der Waals surface area contributed by atoms with Gasteiger partial charge in [0.05, 0.1) is 0 Å². The van der Waals surface area contributed by atoms with Gasteiger partial charge in [0, 0.05) is 0 Å². The highest BCUT2D eigenvalue weighted by atomic mass is 32.2. The second-order valence-corrected chi connectivity index (χ2v) is 11.2. The third kappa shape index (κ3) is 22.5. The zero-order valence-electron chi connectivity index (χ0n) is 19.7. The Morgan fingerprint density at radius 3 is 0.778 bits per heavy atom. The molecular formula is C26H55S+. The smallest absolute Gasteiger partial charge is 0.0654 e. The number of rotatable bonds is 23. The minimum atomic E-state index is 0.751. The summed E-state index contributed by atoms with van der Waals surface area (Å²) >= 11 is 0. The van der Waals surface area contributed by atoms with Crippen molar-refractivity contribution in [2.75, 3.05) is 17.3 Å². The van der Waals surface area contributed by atoms with E-state index in [1.807, 2.05) is 0 Å². The predicted octanol–water partition coefficient (Wildman–Crippen LogP) is 9.47. The molecule has 0 amide bonds. The molecule has 0 bridgehead atoms. The van der Waals surface area contributed by atoms with E-state index in [1.165, 1.54) is 128 Å². The van der Waals surface area contributed by atoms with Crippen molar-refractivity contribution in [1.82, 2.24) is 0 Å². The molecule has 0 aliphatic rings. The van der Waals surface area contributed by atoms with Crippen molar-refractivity contribution in [3.63, 3.8) is 0 Å². The van der Waals surface area contributed by atoms with Gasteiger partial charge in [0.2, 0.25) is 0 Å². The van der Waals surface area contributed by atoms with Crippen LogP contribution in [0, 0.1) is 0 Å². The first-order chi connectivity index (χ1) is 13.3. The first-order valence-electron chi connectivity index (χ1n) is 13.0. The van der Waals surface area contributed by atoms with Crippen molar-refractivity contribution >= 4 is 10.9 Å². The molecule has 0 radical (unpaired) electrons. The lowest BCUT2D eigenvalue weighted by Gasteiger charge is -2.10. The van der Waals surface area contributed by atoms with E-state index in [-0.39, 0.29) is 0 Å². The summed E-state index contributed by atoms with van der Waals surface area (Å²) in [5.74, 6) is 4.66. The fourth-order valence-corrected chi connectivity index (χ4v) is 6.37. The molecule has 0 saturated carbocycles. The number of unbranched alkanes of at least 4 members (excludes halogenated alkanes) is 17. The monoisotopic (exact) mass is 399 g/mol. The van der Waals surface area contributed by atoms with E-state index in [1.54, 1.807) is 17.3 Å². The topological polar surface area (TPSA) is 0 Å². The molecule has 1 heteroatoms. The van der Waals surface area contributed by atoms with Crippen LogP contribution in [0.15, 0.2) is 0 Å². The lowest BCUT2D eigenvalue weighted by molar-refractivity contribution is 0.585. The SMILES string of the molecule is CCCCCCCCCC[S+](CCCCCCCC)CCCCCCCC. The van der Waals surface area contributed by atoms with E-state index in [9.17, 15) is 0 Å². The summed E-state index contributed by atoms with van der Waals surface area (Å²) in [6, 6.07) is 0.